The molecular formula is C33H39N3O9S. The summed E-state index contributed by atoms with van der Waals surface area (Å²) >= 11 is 0. The number of carbonyl (C=O) groups excluding carboxylic acids is 2. The van der Waals surface area contributed by atoms with E-state index in [2.05, 4.69) is 15.4 Å². The third kappa shape index (κ3) is 12.0. The van der Waals surface area contributed by atoms with E-state index in [1.54, 1.807) is 60.7 Å². The van der Waals surface area contributed by atoms with Crippen LogP contribution in [0, 0.1) is 0 Å². The van der Waals surface area contributed by atoms with Crippen molar-refractivity contribution in [3.05, 3.63) is 102 Å². The fraction of sp³-hybridized carbons (Fsp3) is 0.333. The number of sulfonamides is 1. The van der Waals surface area contributed by atoms with Crippen LogP contribution in [0.25, 0.3) is 0 Å². The average molecular weight is 654 g/mol. The van der Waals surface area contributed by atoms with Gasteiger partial charge in [-0.25, -0.2) is 22.7 Å². The third-order valence-corrected chi connectivity index (χ3v) is 8.26. The molecule has 3 rings (SSSR count). The van der Waals surface area contributed by atoms with Crippen molar-refractivity contribution in [1.82, 2.24) is 15.4 Å². The van der Waals surface area contributed by atoms with E-state index in [0.717, 1.165) is 19.3 Å². The Morgan fingerprint density at radius 1 is 0.717 bits per heavy atom. The molecule has 0 fully saturated rings. The molecule has 246 valence electrons. The van der Waals surface area contributed by atoms with Gasteiger partial charge in [-0.1, -0.05) is 92.6 Å². The zero-order valence-corrected chi connectivity index (χ0v) is 26.2. The lowest BCUT2D eigenvalue weighted by Gasteiger charge is -2.24. The highest BCUT2D eigenvalue weighted by molar-refractivity contribution is 7.88. The molecule has 0 heterocycles. The van der Waals surface area contributed by atoms with Gasteiger partial charge in [0.1, 0.15) is 17.8 Å². The fourth-order valence-electron chi connectivity index (χ4n) is 4.56. The van der Waals surface area contributed by atoms with Crippen molar-refractivity contribution in [2.75, 3.05) is 6.54 Å². The Bertz CT molecular complexity index is 1540. The quantitative estimate of drug-likeness (QED) is 0.0957. The van der Waals surface area contributed by atoms with Gasteiger partial charge in [0.15, 0.2) is 0 Å². The summed E-state index contributed by atoms with van der Waals surface area (Å²) in [6, 6.07) is 20.9. The molecule has 3 aromatic carbocycles. The van der Waals surface area contributed by atoms with E-state index >= 15 is 0 Å². The summed E-state index contributed by atoms with van der Waals surface area (Å²) in [5.74, 6) is -4.84. The van der Waals surface area contributed by atoms with E-state index in [4.69, 9.17) is 14.9 Å². The van der Waals surface area contributed by atoms with Crippen molar-refractivity contribution < 1.29 is 42.5 Å². The van der Waals surface area contributed by atoms with Gasteiger partial charge in [-0.2, -0.15) is 0 Å². The van der Waals surface area contributed by atoms with Gasteiger partial charge in [0.25, 0.3) is 6.10 Å². The maximum atomic E-state index is 13.7. The Labute approximate surface area is 268 Å². The normalized spacial score (nSPS) is 12.6. The summed E-state index contributed by atoms with van der Waals surface area (Å²) in [4.78, 5) is 49.4. The van der Waals surface area contributed by atoms with Crippen molar-refractivity contribution in [3.63, 3.8) is 0 Å². The summed E-state index contributed by atoms with van der Waals surface area (Å²) in [5, 5.41) is 23.7. The summed E-state index contributed by atoms with van der Waals surface area (Å²) < 4.78 is 33.9. The summed E-state index contributed by atoms with van der Waals surface area (Å²) in [6.07, 6.45) is 0.514. The van der Waals surface area contributed by atoms with E-state index in [9.17, 15) is 27.6 Å². The smallest absolute Gasteiger partial charge is 0.356 e. The molecule has 2 amide bonds. The molecule has 46 heavy (non-hydrogen) atoms. The van der Waals surface area contributed by atoms with E-state index in [1.165, 1.54) is 24.3 Å². The number of carbonyl (C=O) groups is 4. The molecule has 0 aliphatic carbocycles. The molecule has 5 N–H and O–H groups in total. The van der Waals surface area contributed by atoms with Gasteiger partial charge in [-0.3, -0.25) is 9.59 Å². The Morgan fingerprint density at radius 2 is 1.26 bits per heavy atom. The molecule has 0 aliphatic heterocycles. The second kappa shape index (κ2) is 17.7. The predicted molar refractivity (Wildman–Crippen MR) is 170 cm³/mol. The second-order valence-corrected chi connectivity index (χ2v) is 12.4. The monoisotopic (exact) mass is 653 g/mol. The lowest BCUT2D eigenvalue weighted by atomic mass is 10.0. The van der Waals surface area contributed by atoms with Crippen LogP contribution >= 0.6 is 0 Å². The lowest BCUT2D eigenvalue weighted by molar-refractivity contribution is -0.159. The largest absolute Gasteiger partial charge is 0.478 e. The van der Waals surface area contributed by atoms with E-state index in [1.807, 2.05) is 6.92 Å². The Morgan fingerprint density at radius 3 is 1.83 bits per heavy atom. The number of aliphatic carboxylic acids is 2. The molecule has 0 bridgehead atoms. The van der Waals surface area contributed by atoms with Crippen LogP contribution in [-0.4, -0.2) is 67.1 Å². The van der Waals surface area contributed by atoms with E-state index in [0.29, 0.717) is 23.2 Å². The number of ether oxygens (including phenoxy) is 1. The molecule has 0 spiro atoms. The molecule has 0 saturated carbocycles. The molecule has 0 aromatic heterocycles. The van der Waals surface area contributed by atoms with Crippen molar-refractivity contribution in [1.29, 1.82) is 0 Å². The van der Waals surface area contributed by atoms with Crippen molar-refractivity contribution in [3.8, 4) is 5.75 Å². The van der Waals surface area contributed by atoms with Crippen LogP contribution in [0.2, 0.25) is 0 Å². The molecule has 0 saturated heterocycles. The maximum Gasteiger partial charge on any atom is 0.356 e. The van der Waals surface area contributed by atoms with Crippen LogP contribution in [0.1, 0.15) is 42.9 Å². The Kier molecular flexibility index (Phi) is 13.7. The standard InChI is InChI=1S/C33H39N3O9S/c1-2-3-10-19-34-30(37)27(20-24-15-17-26(18-16-24)45-29(32(39)40)33(41)42)35-31(38)28(21-23-11-6-4-7-12-23)36-46(43,44)22-25-13-8-5-9-14-25/h4-9,11-18,27-29,36H,2-3,10,19-22H2,1H3,(H,34,37)(H,35,38)(H,39,40)(H,41,42)/t27-,28-/m0/s1. The zero-order valence-electron chi connectivity index (χ0n) is 25.4. The molecule has 0 unspecified atom stereocenters. The highest BCUT2D eigenvalue weighted by atomic mass is 32.2. The highest BCUT2D eigenvalue weighted by Crippen LogP contribution is 2.16. The average Bonchev–Trinajstić information content (AvgIpc) is 3.02. The van der Waals surface area contributed by atoms with Crippen LogP contribution in [-0.2, 0) is 47.8 Å². The van der Waals surface area contributed by atoms with Gasteiger partial charge >= 0.3 is 11.9 Å². The third-order valence-electron chi connectivity index (χ3n) is 6.90. The number of hydrogen-bond donors (Lipinski definition) is 5. The number of carboxylic acids is 2. The number of amides is 2. The molecule has 0 radical (unpaired) electrons. The first-order chi connectivity index (χ1) is 22.0. The Hall–Kier alpha value is -4.75. The highest BCUT2D eigenvalue weighted by Gasteiger charge is 2.30. The molecule has 2 atom stereocenters. The molecule has 13 heteroatoms. The summed E-state index contributed by atoms with van der Waals surface area (Å²) in [5.41, 5.74) is 1.80. The van der Waals surface area contributed by atoms with Crippen molar-refractivity contribution >= 4 is 33.8 Å². The molecular weight excluding hydrogens is 614 g/mol. The minimum atomic E-state index is -3.97. The lowest BCUT2D eigenvalue weighted by Crippen LogP contribution is -2.55. The van der Waals surface area contributed by atoms with Gasteiger partial charge in [0.05, 0.1) is 5.75 Å². The minimum Gasteiger partial charge on any atom is -0.478 e. The topological polar surface area (TPSA) is 188 Å². The number of rotatable bonds is 19. The van der Waals surface area contributed by atoms with Crippen LogP contribution < -0.4 is 20.1 Å². The molecule has 0 aliphatic rings. The van der Waals surface area contributed by atoms with Gasteiger partial charge < -0.3 is 25.6 Å². The van der Waals surface area contributed by atoms with Gasteiger partial charge in [0.2, 0.25) is 21.8 Å². The van der Waals surface area contributed by atoms with E-state index < -0.39 is 52.0 Å². The zero-order chi connectivity index (χ0) is 33.5. The van der Waals surface area contributed by atoms with Gasteiger partial charge in [-0.15, -0.1) is 0 Å². The first kappa shape index (κ1) is 35.7. The van der Waals surface area contributed by atoms with Gasteiger partial charge in [0, 0.05) is 13.0 Å². The SMILES string of the molecule is CCCCCNC(=O)[C@H](Cc1ccc(OC(C(=O)O)C(=O)O)cc1)NC(=O)[C@H](Cc1ccccc1)NS(=O)(=O)Cc1ccccc1. The predicted octanol–water partition coefficient (Wildman–Crippen LogP) is 2.67. The number of unbranched alkanes of at least 4 members (excludes halogenated alkanes) is 2. The van der Waals surface area contributed by atoms with E-state index in [-0.39, 0.29) is 24.3 Å². The Balaban J connectivity index is 1.82. The number of benzene rings is 3. The maximum absolute atomic E-state index is 13.7. The van der Waals surface area contributed by atoms with Gasteiger partial charge in [-0.05, 0) is 41.7 Å². The van der Waals surface area contributed by atoms with Crippen LogP contribution in [0.3, 0.4) is 0 Å². The molecule has 3 aromatic rings. The summed E-state index contributed by atoms with van der Waals surface area (Å²) in [6.45, 7) is 2.41. The first-order valence-electron chi connectivity index (χ1n) is 14.8. The van der Waals surface area contributed by atoms with Crippen LogP contribution in [0.4, 0.5) is 0 Å². The number of carboxylic acid groups (broad SMARTS) is 2. The fourth-order valence-corrected chi connectivity index (χ4v) is 5.90. The van der Waals surface area contributed by atoms with Crippen molar-refractivity contribution in [2.45, 2.75) is 63.0 Å². The van der Waals surface area contributed by atoms with Crippen LogP contribution in [0.15, 0.2) is 84.9 Å². The number of nitrogens with one attached hydrogen (secondary N) is 3. The summed E-state index contributed by atoms with van der Waals surface area (Å²) in [7, 11) is -3.97. The van der Waals surface area contributed by atoms with Crippen molar-refractivity contribution in [2.24, 2.45) is 0 Å². The molecule has 12 nitrogen and oxygen atoms in total. The first-order valence-corrected chi connectivity index (χ1v) is 16.5. The minimum absolute atomic E-state index is 0.00173. The van der Waals surface area contributed by atoms with Crippen LogP contribution in [0.5, 0.6) is 5.75 Å². The second-order valence-electron chi connectivity index (χ2n) is 10.7. The number of hydrogen-bond acceptors (Lipinski definition) is 7.